The molecule has 0 radical (unpaired) electrons. The van der Waals surface area contributed by atoms with Crippen LogP contribution in [0.25, 0.3) is 0 Å². The van der Waals surface area contributed by atoms with E-state index in [1.54, 1.807) is 6.92 Å². The molecule has 2 nitrogen and oxygen atoms in total. The minimum absolute atomic E-state index is 0.0813. The highest BCUT2D eigenvalue weighted by Crippen LogP contribution is 2.34. The number of allylic oxidation sites excluding steroid dienone is 8. The molecule has 3 unspecified atom stereocenters. The van der Waals surface area contributed by atoms with Crippen molar-refractivity contribution in [2.24, 2.45) is 16.8 Å². The van der Waals surface area contributed by atoms with E-state index in [-0.39, 0.29) is 5.92 Å². The molecule has 0 aromatic carbocycles. The van der Waals surface area contributed by atoms with Gasteiger partial charge in [0.15, 0.2) is 0 Å². The van der Waals surface area contributed by atoms with Crippen molar-refractivity contribution >= 4 is 15.5 Å². The molecule has 0 bridgehead atoms. The van der Waals surface area contributed by atoms with Gasteiger partial charge in [-0.05, 0) is 98.4 Å². The molecule has 0 heterocycles. The van der Waals surface area contributed by atoms with Gasteiger partial charge in [0, 0.05) is 6.21 Å². The fourth-order valence-corrected chi connectivity index (χ4v) is 4.38. The van der Waals surface area contributed by atoms with E-state index in [2.05, 4.69) is 72.8 Å². The van der Waals surface area contributed by atoms with E-state index in [0.29, 0.717) is 0 Å². The number of hydrogen-bond donors (Lipinski definition) is 0. The van der Waals surface area contributed by atoms with Crippen LogP contribution in [0.2, 0.25) is 0 Å². The van der Waals surface area contributed by atoms with Crippen LogP contribution in [0.5, 0.6) is 0 Å². The summed E-state index contributed by atoms with van der Waals surface area (Å²) in [4.78, 5) is 6.23. The van der Waals surface area contributed by atoms with Crippen molar-refractivity contribution in [3.63, 3.8) is 0 Å². The molecule has 0 saturated heterocycles. The lowest BCUT2D eigenvalue weighted by molar-refractivity contribution is 0.204. The van der Waals surface area contributed by atoms with Crippen LogP contribution in [0.4, 0.5) is 4.39 Å². The standard InChI is InChI=1S/C15H26FP.C10H17N.C7H14.C3H9N.3C2H6/c1-5-13(6-2)11-9-8-10-12-14(7-3)15(4,16)17;1-5-8-9(4)10(6-2)11-7-3;1-7-5-3-2-4-6-7;1-4(2)3;3*1-2/h5,8,10-11,14H,1,6-7,9,12,17H2,2-4H3;6-8H,5H2,1-4H3;7H,2-6H2,1H3;1-3H3;3*1-2H3/b10-8?,13-11+;9-8?,10-6-,11-7?;;;;;. The van der Waals surface area contributed by atoms with E-state index in [1.165, 1.54) is 43.3 Å². The van der Waals surface area contributed by atoms with Gasteiger partial charge in [-0.1, -0.05) is 159 Å². The third-order valence-corrected chi connectivity index (χ3v) is 6.89. The van der Waals surface area contributed by atoms with E-state index < -0.39 is 5.41 Å². The minimum atomic E-state index is -1.16. The van der Waals surface area contributed by atoms with Gasteiger partial charge in [-0.3, -0.25) is 4.99 Å². The van der Waals surface area contributed by atoms with Crippen molar-refractivity contribution in [3.8, 4) is 0 Å². The van der Waals surface area contributed by atoms with Crippen molar-refractivity contribution < 1.29 is 4.39 Å². The first-order chi connectivity index (χ1) is 21.3. The molecule has 1 aliphatic carbocycles. The monoisotopic (exact) mass is 655 g/mol. The highest BCUT2D eigenvalue weighted by molar-refractivity contribution is 7.18. The van der Waals surface area contributed by atoms with Crippen LogP contribution in [-0.2, 0) is 0 Å². The Kier molecular flexibility index (Phi) is 55.8. The second-order valence-corrected chi connectivity index (χ2v) is 12.1. The molecule has 1 rings (SSSR count). The molecule has 0 aromatic rings. The summed E-state index contributed by atoms with van der Waals surface area (Å²) in [7, 11) is 8.30. The Labute approximate surface area is 288 Å². The normalized spacial score (nSPS) is 15.5. The van der Waals surface area contributed by atoms with Gasteiger partial charge in [-0.2, -0.15) is 0 Å². The first-order valence-corrected chi connectivity index (χ1v) is 18.8. The molecule has 0 aromatic heterocycles. The lowest BCUT2D eigenvalue weighted by atomic mass is 9.91. The van der Waals surface area contributed by atoms with Crippen molar-refractivity contribution in [3.05, 3.63) is 59.9 Å². The summed E-state index contributed by atoms with van der Waals surface area (Å²) < 4.78 is 13.7. The average molecular weight is 655 g/mol. The Morgan fingerprint density at radius 2 is 1.44 bits per heavy atom. The lowest BCUT2D eigenvalue weighted by Gasteiger charge is -2.24. The van der Waals surface area contributed by atoms with Gasteiger partial charge in [-0.15, -0.1) is 0 Å². The lowest BCUT2D eigenvalue weighted by Crippen LogP contribution is -2.20. The smallest absolute Gasteiger partial charge is 0.124 e. The van der Waals surface area contributed by atoms with Gasteiger partial charge in [0.2, 0.25) is 0 Å². The van der Waals surface area contributed by atoms with Gasteiger partial charge < -0.3 is 4.90 Å². The van der Waals surface area contributed by atoms with Crippen LogP contribution in [0.3, 0.4) is 0 Å². The highest BCUT2D eigenvalue weighted by atomic mass is 31.0. The molecule has 4 heteroatoms. The summed E-state index contributed by atoms with van der Waals surface area (Å²) in [6, 6.07) is 0. The number of hydrogen-bond acceptors (Lipinski definition) is 2. The van der Waals surface area contributed by atoms with Crippen molar-refractivity contribution in [1.29, 1.82) is 0 Å². The number of halogens is 1. The fourth-order valence-electron chi connectivity index (χ4n) is 4.00. The molecule has 270 valence electrons. The van der Waals surface area contributed by atoms with E-state index in [0.717, 1.165) is 43.7 Å². The van der Waals surface area contributed by atoms with E-state index >= 15 is 0 Å². The van der Waals surface area contributed by atoms with E-state index in [9.17, 15) is 4.39 Å². The van der Waals surface area contributed by atoms with Crippen LogP contribution in [0, 0.1) is 11.8 Å². The maximum Gasteiger partial charge on any atom is 0.124 e. The molecular formula is C41H84FN2P. The van der Waals surface area contributed by atoms with Crippen LogP contribution in [-0.4, -0.2) is 37.7 Å². The van der Waals surface area contributed by atoms with Gasteiger partial charge >= 0.3 is 0 Å². The summed E-state index contributed by atoms with van der Waals surface area (Å²) in [5.74, 6) is 1.12. The van der Waals surface area contributed by atoms with Crippen molar-refractivity contribution in [2.75, 3.05) is 21.1 Å². The van der Waals surface area contributed by atoms with Gasteiger partial charge in [0.1, 0.15) is 5.41 Å². The van der Waals surface area contributed by atoms with Crippen molar-refractivity contribution in [1.82, 2.24) is 4.90 Å². The van der Waals surface area contributed by atoms with Gasteiger partial charge in [0.05, 0.1) is 5.70 Å². The van der Waals surface area contributed by atoms with Crippen LogP contribution in [0.15, 0.2) is 64.9 Å². The molecule has 45 heavy (non-hydrogen) atoms. The zero-order chi connectivity index (χ0) is 36.7. The molecule has 0 spiro atoms. The minimum Gasteiger partial charge on any atom is -0.312 e. The molecular weight excluding hydrogens is 570 g/mol. The first kappa shape index (κ1) is 56.1. The summed E-state index contributed by atoms with van der Waals surface area (Å²) >= 11 is 0. The van der Waals surface area contributed by atoms with Crippen LogP contribution < -0.4 is 0 Å². The number of nitrogens with zero attached hydrogens (tertiary/aromatic N) is 2. The Balaban J connectivity index is -0.000000116. The summed E-state index contributed by atoms with van der Waals surface area (Å²) in [5.41, 5.74) is 3.60. The second-order valence-electron chi connectivity index (χ2n) is 11.0. The molecule has 0 amide bonds. The molecule has 1 saturated carbocycles. The Morgan fingerprint density at radius 3 is 1.73 bits per heavy atom. The topological polar surface area (TPSA) is 15.6 Å². The first-order valence-electron chi connectivity index (χ1n) is 18.2. The molecule has 0 N–H and O–H groups in total. The second kappa shape index (κ2) is 44.8. The van der Waals surface area contributed by atoms with E-state index in [4.69, 9.17) is 0 Å². The molecule has 1 aliphatic rings. The number of aliphatic imine (C=N–C) groups is 1. The van der Waals surface area contributed by atoms with Crippen LogP contribution in [0.1, 0.15) is 161 Å². The number of alkyl halides is 1. The fraction of sp³-hybridized carbons (Fsp3) is 0.732. The Bertz CT molecular complexity index is 716. The SMILES string of the molecule is C=C/C(=C\CC=CCC(CC)C(C)(F)P)CC.CC.CC.CC.CC1CCCCC1.CC=N/C(=C\C)C(C)=CCC.CN(C)C. The predicted molar refractivity (Wildman–Crippen MR) is 218 cm³/mol. The summed E-state index contributed by atoms with van der Waals surface area (Å²) in [6.07, 6.45) is 26.4. The summed E-state index contributed by atoms with van der Waals surface area (Å²) in [6.45, 7) is 32.1. The third kappa shape index (κ3) is 47.2. The largest absolute Gasteiger partial charge is 0.312 e. The Morgan fingerprint density at radius 1 is 0.956 bits per heavy atom. The van der Waals surface area contributed by atoms with Gasteiger partial charge in [-0.25, -0.2) is 4.39 Å². The number of rotatable bonds is 11. The molecule has 1 fully saturated rings. The van der Waals surface area contributed by atoms with E-state index in [1.807, 2.05) is 107 Å². The zero-order valence-corrected chi connectivity index (χ0v) is 35.0. The molecule has 0 aliphatic heterocycles. The zero-order valence-electron chi connectivity index (χ0n) is 33.8. The maximum atomic E-state index is 13.7. The molecule has 3 atom stereocenters. The third-order valence-electron chi connectivity index (χ3n) is 6.41. The van der Waals surface area contributed by atoms with Gasteiger partial charge in [0.25, 0.3) is 0 Å². The Hall–Kier alpha value is -1.31. The van der Waals surface area contributed by atoms with Crippen molar-refractivity contribution in [2.45, 2.75) is 167 Å². The van der Waals surface area contributed by atoms with Crippen LogP contribution >= 0.6 is 9.24 Å². The quantitative estimate of drug-likeness (QED) is 0.0937. The summed E-state index contributed by atoms with van der Waals surface area (Å²) in [5, 5.41) is -1.16. The maximum absolute atomic E-state index is 13.7. The highest BCUT2D eigenvalue weighted by Gasteiger charge is 2.26. The predicted octanol–water partition coefficient (Wildman–Crippen LogP) is 14.6. The average Bonchev–Trinajstić information content (AvgIpc) is 3.03.